The molecule has 0 aliphatic heterocycles. The summed E-state index contributed by atoms with van der Waals surface area (Å²) in [6.07, 6.45) is 11.7. The maximum Gasteiger partial charge on any atom is 0.0540 e. The molecule has 61 heavy (non-hydrogen) atoms. The summed E-state index contributed by atoms with van der Waals surface area (Å²) in [6.45, 7) is 2.34. The highest BCUT2D eigenvalue weighted by molar-refractivity contribution is 7.26. The molecule has 0 radical (unpaired) electrons. The summed E-state index contributed by atoms with van der Waals surface area (Å²) in [5.41, 5.74) is 17.1. The summed E-state index contributed by atoms with van der Waals surface area (Å²) in [5, 5.41) is 2.64. The van der Waals surface area contributed by atoms with E-state index in [-0.39, 0.29) is 5.92 Å². The average molecular weight is 798 g/mol. The van der Waals surface area contributed by atoms with Crippen molar-refractivity contribution in [3.63, 3.8) is 0 Å². The summed E-state index contributed by atoms with van der Waals surface area (Å²) < 4.78 is 2.65. The van der Waals surface area contributed by atoms with Gasteiger partial charge in [-0.2, -0.15) is 0 Å². The third-order valence-electron chi connectivity index (χ3n) is 12.4. The predicted molar refractivity (Wildman–Crippen MR) is 263 cm³/mol. The van der Waals surface area contributed by atoms with E-state index in [1.54, 1.807) is 0 Å². The average Bonchev–Trinajstić information content (AvgIpc) is 3.72. The first kappa shape index (κ1) is 36.8. The Kier molecular flexibility index (Phi) is 9.49. The van der Waals surface area contributed by atoms with E-state index < -0.39 is 0 Å². The van der Waals surface area contributed by atoms with E-state index in [0.717, 1.165) is 17.1 Å². The highest BCUT2D eigenvalue weighted by Gasteiger charge is 2.31. The maximum absolute atomic E-state index is 2.44. The SMILES string of the molecule is CC1C=CC(c2ccccc2N(c2ccc(-c3ccc(-c4ccccc4)cc3)cc2)c2ccc(-c3cccc4c3sc3ccccc34)cc2)=C2C(c3ccccc3)=CC=CC21. The Balaban J connectivity index is 1.04. The van der Waals surface area contributed by atoms with Crippen LogP contribution in [0.1, 0.15) is 18.1 Å². The third-order valence-corrected chi connectivity index (χ3v) is 13.7. The Morgan fingerprint density at radius 3 is 1.69 bits per heavy atom. The molecule has 2 aliphatic carbocycles. The van der Waals surface area contributed by atoms with E-state index in [9.17, 15) is 0 Å². The standard InChI is InChI=1S/C59H43NS/c1-40-26-39-54(58-49(40)20-12-21-50(58)45-16-6-3-7-17-45)52-18-8-10-24-56(52)60(47-35-31-44(32-36-47)43-29-27-42(28-30-43)41-14-4-2-5-15-41)48-37-33-46(34-38-48)51-22-13-23-55-53-19-9-11-25-57(53)61-59(51)55/h2-40,49H,1H3. The molecule has 0 spiro atoms. The molecule has 1 nitrogen and oxygen atoms in total. The van der Waals surface area contributed by atoms with Gasteiger partial charge in [0.05, 0.1) is 5.69 Å². The van der Waals surface area contributed by atoms with E-state index in [1.807, 2.05) is 11.3 Å². The quantitative estimate of drug-likeness (QED) is 0.148. The number of nitrogens with zero attached hydrogens (tertiary/aromatic N) is 1. The number of anilines is 3. The molecule has 0 saturated carbocycles. The maximum atomic E-state index is 2.44. The van der Waals surface area contributed by atoms with Crippen molar-refractivity contribution in [2.45, 2.75) is 6.92 Å². The fourth-order valence-electron chi connectivity index (χ4n) is 9.34. The second kappa shape index (κ2) is 15.7. The highest BCUT2D eigenvalue weighted by atomic mass is 32.1. The van der Waals surface area contributed by atoms with Crippen molar-refractivity contribution in [2.75, 3.05) is 4.90 Å². The number of fused-ring (bicyclic) bond motifs is 4. The fourth-order valence-corrected chi connectivity index (χ4v) is 10.6. The zero-order valence-electron chi connectivity index (χ0n) is 33.9. The van der Waals surface area contributed by atoms with Crippen LogP contribution in [0, 0.1) is 11.8 Å². The van der Waals surface area contributed by atoms with Crippen molar-refractivity contribution in [3.8, 4) is 33.4 Å². The largest absolute Gasteiger partial charge is 0.310 e. The zero-order valence-corrected chi connectivity index (χ0v) is 34.8. The summed E-state index contributed by atoms with van der Waals surface area (Å²) in [6, 6.07) is 73.1. The van der Waals surface area contributed by atoms with Gasteiger partial charge in [0.15, 0.2) is 0 Å². The molecule has 0 N–H and O–H groups in total. The molecular weight excluding hydrogens is 755 g/mol. The Morgan fingerprint density at radius 2 is 0.984 bits per heavy atom. The summed E-state index contributed by atoms with van der Waals surface area (Å²) in [5.74, 6) is 0.670. The molecule has 2 heteroatoms. The number of hydrogen-bond acceptors (Lipinski definition) is 2. The van der Waals surface area contributed by atoms with Crippen LogP contribution < -0.4 is 4.90 Å². The van der Waals surface area contributed by atoms with Crippen LogP contribution >= 0.6 is 11.3 Å². The van der Waals surface area contributed by atoms with Crippen LogP contribution in [0.5, 0.6) is 0 Å². The Bertz CT molecular complexity index is 3160. The number of para-hydroxylation sites is 1. The molecule has 0 bridgehead atoms. The molecule has 0 fully saturated rings. The summed E-state index contributed by atoms with van der Waals surface area (Å²) in [7, 11) is 0. The van der Waals surface area contributed by atoms with Gasteiger partial charge in [0.2, 0.25) is 0 Å². The number of benzene rings is 8. The van der Waals surface area contributed by atoms with Crippen LogP contribution in [-0.4, -0.2) is 0 Å². The minimum absolute atomic E-state index is 0.283. The Hall–Kier alpha value is -7.26. The van der Waals surface area contributed by atoms with Crippen molar-refractivity contribution < 1.29 is 0 Å². The lowest BCUT2D eigenvalue weighted by Gasteiger charge is -2.34. The summed E-state index contributed by atoms with van der Waals surface area (Å²) >= 11 is 1.88. The van der Waals surface area contributed by atoms with Crippen LogP contribution in [0.2, 0.25) is 0 Å². The predicted octanol–water partition coefficient (Wildman–Crippen LogP) is 16.8. The second-order valence-corrected chi connectivity index (χ2v) is 17.1. The molecule has 0 amide bonds. The van der Waals surface area contributed by atoms with Crippen molar-refractivity contribution in [2.24, 2.45) is 11.8 Å². The van der Waals surface area contributed by atoms with Crippen LogP contribution in [0.15, 0.2) is 236 Å². The smallest absolute Gasteiger partial charge is 0.0540 e. The first-order valence-corrected chi connectivity index (χ1v) is 22.0. The van der Waals surface area contributed by atoms with Gasteiger partial charge in [-0.25, -0.2) is 0 Å². The molecule has 1 heterocycles. The van der Waals surface area contributed by atoms with Gasteiger partial charge >= 0.3 is 0 Å². The van der Waals surface area contributed by atoms with Gasteiger partial charge in [0.25, 0.3) is 0 Å². The van der Waals surface area contributed by atoms with Crippen LogP contribution in [0.25, 0.3) is 64.7 Å². The van der Waals surface area contributed by atoms with Gasteiger partial charge in [-0.3, -0.25) is 0 Å². The van der Waals surface area contributed by atoms with Gasteiger partial charge in [-0.15, -0.1) is 11.3 Å². The third kappa shape index (κ3) is 6.76. The second-order valence-electron chi connectivity index (χ2n) is 16.1. The number of hydrogen-bond donors (Lipinski definition) is 0. The molecule has 290 valence electrons. The zero-order chi connectivity index (χ0) is 40.7. The van der Waals surface area contributed by atoms with Gasteiger partial charge < -0.3 is 4.90 Å². The van der Waals surface area contributed by atoms with Gasteiger partial charge in [-0.05, 0) is 98.0 Å². The van der Waals surface area contributed by atoms with Crippen molar-refractivity contribution in [1.29, 1.82) is 0 Å². The molecule has 2 atom stereocenters. The highest BCUT2D eigenvalue weighted by Crippen LogP contribution is 2.49. The topological polar surface area (TPSA) is 3.24 Å². The molecule has 0 saturated heterocycles. The number of allylic oxidation sites excluding steroid dienone is 8. The summed E-state index contributed by atoms with van der Waals surface area (Å²) in [4.78, 5) is 2.44. The van der Waals surface area contributed by atoms with Crippen LogP contribution in [0.3, 0.4) is 0 Å². The van der Waals surface area contributed by atoms with Crippen LogP contribution in [-0.2, 0) is 0 Å². The molecule has 11 rings (SSSR count). The van der Waals surface area contributed by atoms with Crippen molar-refractivity contribution >= 4 is 59.7 Å². The van der Waals surface area contributed by atoms with E-state index in [4.69, 9.17) is 0 Å². The monoisotopic (exact) mass is 797 g/mol. The first-order valence-electron chi connectivity index (χ1n) is 21.2. The van der Waals surface area contributed by atoms with Gasteiger partial charge in [0, 0.05) is 43.0 Å². The molecule has 1 aromatic heterocycles. The molecule has 9 aromatic rings. The van der Waals surface area contributed by atoms with E-state index in [2.05, 4.69) is 242 Å². The lowest BCUT2D eigenvalue weighted by atomic mass is 9.71. The normalized spacial score (nSPS) is 15.9. The van der Waals surface area contributed by atoms with Gasteiger partial charge in [-0.1, -0.05) is 201 Å². The van der Waals surface area contributed by atoms with E-state index in [1.165, 1.54) is 81.4 Å². The van der Waals surface area contributed by atoms with Gasteiger partial charge in [0.1, 0.15) is 0 Å². The van der Waals surface area contributed by atoms with E-state index >= 15 is 0 Å². The number of thiophene rings is 1. The Labute approximate surface area is 362 Å². The first-order chi connectivity index (χ1) is 30.2. The molecule has 8 aromatic carbocycles. The molecule has 2 unspecified atom stereocenters. The Morgan fingerprint density at radius 1 is 0.443 bits per heavy atom. The lowest BCUT2D eigenvalue weighted by Crippen LogP contribution is -2.19. The number of rotatable bonds is 8. The van der Waals surface area contributed by atoms with Crippen molar-refractivity contribution in [1.82, 2.24) is 0 Å². The van der Waals surface area contributed by atoms with Crippen molar-refractivity contribution in [3.05, 3.63) is 247 Å². The fraction of sp³-hybridized carbons (Fsp3) is 0.0508. The van der Waals surface area contributed by atoms with Crippen LogP contribution in [0.4, 0.5) is 17.1 Å². The van der Waals surface area contributed by atoms with E-state index in [0.29, 0.717) is 5.92 Å². The lowest BCUT2D eigenvalue weighted by molar-refractivity contribution is 0.588. The molecule has 2 aliphatic rings. The molecular formula is C59H43NS. The minimum atomic E-state index is 0.283. The minimum Gasteiger partial charge on any atom is -0.310 e.